The molecule has 0 aliphatic heterocycles. The summed E-state index contributed by atoms with van der Waals surface area (Å²) in [6.07, 6.45) is 3.03. The molecule has 1 aromatic heterocycles. The molecule has 18 heavy (non-hydrogen) atoms. The average molecular weight is 294 g/mol. The fourth-order valence-corrected chi connectivity index (χ4v) is 2.19. The van der Waals surface area contributed by atoms with E-state index in [1.165, 1.54) is 16.8 Å². The zero-order valence-corrected chi connectivity index (χ0v) is 11.9. The molecule has 1 aromatic rings. The van der Waals surface area contributed by atoms with Crippen LogP contribution in [0.1, 0.15) is 37.2 Å². The normalized spacial score (nSPS) is 11.5. The van der Waals surface area contributed by atoms with Crippen LogP contribution >= 0.6 is 10.7 Å². The molecule has 0 saturated carbocycles. The maximum Gasteiger partial charge on any atom is 0.354 e. The Bertz CT molecular complexity index is 521. The molecule has 1 heterocycles. The van der Waals surface area contributed by atoms with Crippen molar-refractivity contribution < 1.29 is 17.9 Å². The van der Waals surface area contributed by atoms with Gasteiger partial charge in [-0.3, -0.25) is 0 Å². The second kappa shape index (κ2) is 6.24. The summed E-state index contributed by atoms with van der Waals surface area (Å²) in [7, 11) is 1.41. The summed E-state index contributed by atoms with van der Waals surface area (Å²) in [5.41, 5.74) is 0.202. The first-order valence-corrected chi connectivity index (χ1v) is 8.03. The quantitative estimate of drug-likeness (QED) is 0.459. The summed E-state index contributed by atoms with van der Waals surface area (Å²) in [5, 5.41) is 0. The van der Waals surface area contributed by atoms with E-state index in [9.17, 15) is 13.2 Å². The molecule has 0 radical (unpaired) electrons. The van der Waals surface area contributed by atoms with Crippen molar-refractivity contribution in [2.75, 3.05) is 6.61 Å². The number of hydrogen-bond donors (Lipinski definition) is 0. The first kappa shape index (κ1) is 15.0. The van der Waals surface area contributed by atoms with Crippen LogP contribution in [-0.4, -0.2) is 25.6 Å². The summed E-state index contributed by atoms with van der Waals surface area (Å²) in [5.74, 6) is -0.531. The highest BCUT2D eigenvalue weighted by molar-refractivity contribution is 8.13. The summed E-state index contributed by atoms with van der Waals surface area (Å²) in [6, 6.07) is 1.24. The number of rotatable bonds is 6. The zero-order chi connectivity index (χ0) is 13.8. The summed E-state index contributed by atoms with van der Waals surface area (Å²) in [4.78, 5) is 11.7. The third-order valence-corrected chi connectivity index (χ3v) is 3.75. The highest BCUT2D eigenvalue weighted by Crippen LogP contribution is 2.19. The molecule has 5 nitrogen and oxygen atoms in total. The van der Waals surface area contributed by atoms with Crippen LogP contribution in [0, 0.1) is 0 Å². The molecule has 0 saturated heterocycles. The number of carbonyl (C=O) groups excluding carboxylic acids is 1. The van der Waals surface area contributed by atoms with Crippen molar-refractivity contribution in [2.45, 2.75) is 38.1 Å². The molecule has 1 rings (SSSR count). The van der Waals surface area contributed by atoms with Crippen molar-refractivity contribution in [3.8, 4) is 0 Å². The second-order valence-electron chi connectivity index (χ2n) is 3.77. The lowest BCUT2D eigenvalue weighted by atomic mass is 10.3. The van der Waals surface area contributed by atoms with Gasteiger partial charge in [-0.25, -0.2) is 13.2 Å². The molecule has 102 valence electrons. The van der Waals surface area contributed by atoms with Crippen LogP contribution < -0.4 is 0 Å². The highest BCUT2D eigenvalue weighted by atomic mass is 35.7. The topological polar surface area (TPSA) is 65.4 Å². The van der Waals surface area contributed by atoms with Crippen LogP contribution in [0.5, 0.6) is 0 Å². The Hall–Kier alpha value is -1.01. The van der Waals surface area contributed by atoms with E-state index in [-0.39, 0.29) is 10.6 Å². The van der Waals surface area contributed by atoms with Crippen molar-refractivity contribution in [1.82, 2.24) is 4.57 Å². The molecule has 0 N–H and O–H groups in total. The van der Waals surface area contributed by atoms with Crippen molar-refractivity contribution in [1.29, 1.82) is 0 Å². The van der Waals surface area contributed by atoms with E-state index in [1.54, 1.807) is 6.92 Å². The molecule has 0 atom stereocenters. The van der Waals surface area contributed by atoms with Crippen molar-refractivity contribution >= 4 is 25.7 Å². The predicted molar refractivity (Wildman–Crippen MR) is 68.3 cm³/mol. The van der Waals surface area contributed by atoms with Gasteiger partial charge in [0.1, 0.15) is 10.6 Å². The lowest BCUT2D eigenvalue weighted by Crippen LogP contribution is -2.11. The van der Waals surface area contributed by atoms with E-state index < -0.39 is 15.0 Å². The van der Waals surface area contributed by atoms with E-state index in [2.05, 4.69) is 0 Å². The summed E-state index contributed by atoms with van der Waals surface area (Å²) in [6.45, 7) is 4.58. The maximum atomic E-state index is 11.8. The number of ether oxygens (including phenoxy) is 1. The smallest absolute Gasteiger partial charge is 0.354 e. The lowest BCUT2D eigenvalue weighted by Gasteiger charge is -2.06. The van der Waals surface area contributed by atoms with E-state index in [1.807, 2.05) is 6.92 Å². The number of carbonyl (C=O) groups is 1. The predicted octanol–water partition coefficient (Wildman–Crippen LogP) is 2.39. The Morgan fingerprint density at radius 1 is 1.44 bits per heavy atom. The monoisotopic (exact) mass is 293 g/mol. The maximum absolute atomic E-state index is 11.8. The van der Waals surface area contributed by atoms with Crippen molar-refractivity contribution in [2.24, 2.45) is 0 Å². The van der Waals surface area contributed by atoms with Gasteiger partial charge in [0.05, 0.1) is 6.61 Å². The van der Waals surface area contributed by atoms with Crippen molar-refractivity contribution in [3.63, 3.8) is 0 Å². The number of unbranched alkanes of at least 4 members (excludes halogenated alkanes) is 1. The molecule has 0 spiro atoms. The van der Waals surface area contributed by atoms with Gasteiger partial charge in [0.25, 0.3) is 9.05 Å². The Labute approximate surface area is 111 Å². The van der Waals surface area contributed by atoms with Crippen LogP contribution in [0.4, 0.5) is 0 Å². The first-order chi connectivity index (χ1) is 8.40. The fraction of sp³-hybridized carbons (Fsp3) is 0.545. The van der Waals surface area contributed by atoms with Crippen LogP contribution in [0.2, 0.25) is 0 Å². The average Bonchev–Trinajstić information content (AvgIpc) is 2.72. The SMILES string of the molecule is CCCCOC(=O)c1cc(S(=O)(=O)Cl)cn1CC. The Morgan fingerprint density at radius 3 is 2.61 bits per heavy atom. The number of aromatic nitrogens is 1. The van der Waals surface area contributed by atoms with Crippen LogP contribution in [0.15, 0.2) is 17.2 Å². The van der Waals surface area contributed by atoms with E-state index in [0.717, 1.165) is 12.8 Å². The minimum Gasteiger partial charge on any atom is -0.461 e. The molecule has 0 aliphatic rings. The third-order valence-electron chi connectivity index (χ3n) is 2.43. The molecule has 0 aliphatic carbocycles. The molecule has 7 heteroatoms. The minimum atomic E-state index is -3.83. The van der Waals surface area contributed by atoms with Crippen LogP contribution in [-0.2, 0) is 20.3 Å². The van der Waals surface area contributed by atoms with Gasteiger partial charge in [-0.15, -0.1) is 0 Å². The first-order valence-electron chi connectivity index (χ1n) is 5.72. The Balaban J connectivity index is 2.94. The number of esters is 1. The summed E-state index contributed by atoms with van der Waals surface area (Å²) < 4.78 is 28.9. The molecular weight excluding hydrogens is 278 g/mol. The van der Waals surface area contributed by atoms with E-state index in [4.69, 9.17) is 15.4 Å². The number of hydrogen-bond acceptors (Lipinski definition) is 4. The number of aryl methyl sites for hydroxylation is 1. The Morgan fingerprint density at radius 2 is 2.11 bits per heavy atom. The fourth-order valence-electron chi connectivity index (χ4n) is 1.43. The molecular formula is C11H16ClNO4S. The third kappa shape index (κ3) is 3.74. The highest BCUT2D eigenvalue weighted by Gasteiger charge is 2.20. The lowest BCUT2D eigenvalue weighted by molar-refractivity contribution is 0.0487. The van der Waals surface area contributed by atoms with Gasteiger partial charge >= 0.3 is 5.97 Å². The Kier molecular flexibility index (Phi) is 5.22. The van der Waals surface area contributed by atoms with Gasteiger partial charge in [-0.2, -0.15) is 0 Å². The second-order valence-corrected chi connectivity index (χ2v) is 6.34. The van der Waals surface area contributed by atoms with Gasteiger partial charge in [-0.05, 0) is 19.4 Å². The summed E-state index contributed by atoms with van der Waals surface area (Å²) >= 11 is 0. The molecule has 0 unspecified atom stereocenters. The molecule has 0 bridgehead atoms. The zero-order valence-electron chi connectivity index (χ0n) is 10.3. The van der Waals surface area contributed by atoms with Gasteiger partial charge in [0, 0.05) is 23.4 Å². The molecule has 0 aromatic carbocycles. The van der Waals surface area contributed by atoms with Crippen LogP contribution in [0.25, 0.3) is 0 Å². The largest absolute Gasteiger partial charge is 0.461 e. The minimum absolute atomic E-state index is 0.0894. The number of halogens is 1. The van der Waals surface area contributed by atoms with Crippen molar-refractivity contribution in [3.05, 3.63) is 18.0 Å². The van der Waals surface area contributed by atoms with Gasteiger partial charge in [0.15, 0.2) is 0 Å². The molecule has 0 fully saturated rings. The van der Waals surface area contributed by atoms with Gasteiger partial charge < -0.3 is 9.30 Å². The molecule has 0 amide bonds. The number of nitrogens with zero attached hydrogens (tertiary/aromatic N) is 1. The van der Waals surface area contributed by atoms with Crippen LogP contribution in [0.3, 0.4) is 0 Å². The van der Waals surface area contributed by atoms with E-state index in [0.29, 0.717) is 13.2 Å². The van der Waals surface area contributed by atoms with E-state index >= 15 is 0 Å². The van der Waals surface area contributed by atoms with Gasteiger partial charge in [-0.1, -0.05) is 13.3 Å². The standard InChI is InChI=1S/C11H16ClNO4S/c1-3-5-6-17-11(14)10-7-9(18(12,15)16)8-13(10)4-2/h7-8H,3-6H2,1-2H3. The van der Waals surface area contributed by atoms with Gasteiger partial charge in [0.2, 0.25) is 0 Å².